The van der Waals surface area contributed by atoms with E-state index in [0.717, 1.165) is 25.2 Å². The molecule has 1 aromatic carbocycles. The van der Waals surface area contributed by atoms with E-state index in [2.05, 4.69) is 48.3 Å². The lowest BCUT2D eigenvalue weighted by atomic mass is 10.1. The molecular formula is C16H24N2OS. The van der Waals surface area contributed by atoms with Gasteiger partial charge in [0.2, 0.25) is 5.91 Å². The van der Waals surface area contributed by atoms with Crippen molar-refractivity contribution in [2.24, 2.45) is 0 Å². The maximum Gasteiger partial charge on any atom is 0.244 e. The van der Waals surface area contributed by atoms with Gasteiger partial charge in [0.1, 0.15) is 0 Å². The van der Waals surface area contributed by atoms with E-state index in [4.69, 9.17) is 0 Å². The van der Waals surface area contributed by atoms with E-state index in [1.807, 2.05) is 6.26 Å². The minimum absolute atomic E-state index is 0.0495. The van der Waals surface area contributed by atoms with Gasteiger partial charge in [0.25, 0.3) is 0 Å². The quantitative estimate of drug-likeness (QED) is 0.748. The lowest BCUT2D eigenvalue weighted by Crippen LogP contribution is -2.22. The van der Waals surface area contributed by atoms with Gasteiger partial charge in [0, 0.05) is 19.2 Å². The molecule has 0 radical (unpaired) electrons. The summed E-state index contributed by atoms with van der Waals surface area (Å²) in [7, 11) is 0. The van der Waals surface area contributed by atoms with Crippen molar-refractivity contribution in [3.8, 4) is 0 Å². The Kier molecular flexibility index (Phi) is 8.07. The third-order valence-corrected chi connectivity index (χ3v) is 3.55. The molecule has 110 valence electrons. The maximum absolute atomic E-state index is 11.4. The average molecular weight is 292 g/mol. The zero-order valence-corrected chi connectivity index (χ0v) is 13.4. The fraction of sp³-hybridized carbons (Fsp3) is 0.438. The lowest BCUT2D eigenvalue weighted by molar-refractivity contribution is -0.116. The molecule has 20 heavy (non-hydrogen) atoms. The molecule has 3 nitrogen and oxygen atoms in total. The first kappa shape index (κ1) is 16.8. The highest BCUT2D eigenvalue weighted by molar-refractivity contribution is 8.01. The van der Waals surface area contributed by atoms with Crippen LogP contribution in [0.1, 0.15) is 25.0 Å². The molecule has 1 aromatic rings. The molecule has 0 aliphatic carbocycles. The Labute approximate surface area is 126 Å². The molecule has 0 fully saturated rings. The lowest BCUT2D eigenvalue weighted by Gasteiger charge is -2.18. The third-order valence-electron chi connectivity index (χ3n) is 3.15. The van der Waals surface area contributed by atoms with E-state index in [0.29, 0.717) is 6.54 Å². The number of carbonyl (C=O) groups excluding carboxylic acids is 1. The number of carbonyl (C=O) groups is 1. The highest BCUT2D eigenvalue weighted by Crippen LogP contribution is 2.07. The minimum atomic E-state index is -0.0495. The molecule has 0 saturated heterocycles. The largest absolute Gasteiger partial charge is 0.348 e. The van der Waals surface area contributed by atoms with Crippen molar-refractivity contribution in [3.05, 3.63) is 46.9 Å². The topological polar surface area (TPSA) is 32.3 Å². The van der Waals surface area contributed by atoms with Crippen LogP contribution in [0, 0.1) is 0 Å². The number of hydrogen-bond acceptors (Lipinski definition) is 3. The molecule has 1 amide bonds. The van der Waals surface area contributed by atoms with Crippen molar-refractivity contribution < 1.29 is 4.79 Å². The van der Waals surface area contributed by atoms with Gasteiger partial charge in [0.05, 0.1) is 0 Å². The normalized spacial score (nSPS) is 11.2. The molecule has 0 atom stereocenters. The number of benzene rings is 1. The van der Waals surface area contributed by atoms with Crippen molar-refractivity contribution in [2.75, 3.05) is 19.3 Å². The van der Waals surface area contributed by atoms with Gasteiger partial charge in [-0.3, -0.25) is 9.69 Å². The van der Waals surface area contributed by atoms with Crippen molar-refractivity contribution >= 4 is 17.7 Å². The highest BCUT2D eigenvalue weighted by Gasteiger charge is 2.01. The number of rotatable bonds is 8. The van der Waals surface area contributed by atoms with Crippen LogP contribution < -0.4 is 5.32 Å². The van der Waals surface area contributed by atoms with E-state index in [9.17, 15) is 4.79 Å². The second-order valence-corrected chi connectivity index (χ2v) is 5.28. The number of thioether (sulfide) groups is 1. The zero-order valence-electron chi connectivity index (χ0n) is 12.6. The molecule has 0 heterocycles. The standard InChI is InChI=1S/C16H24N2OS/c1-4-18(5-2)13-15-8-6-14(7-9-15)12-17-16(19)10-11-20-3/h6-11H,4-5,12-13H2,1-3H3,(H,17,19)/b11-10+. The Balaban J connectivity index is 2.46. The predicted octanol–water partition coefficient (Wildman–Crippen LogP) is 3.02. The van der Waals surface area contributed by atoms with Crippen molar-refractivity contribution in [2.45, 2.75) is 26.9 Å². The molecule has 0 aliphatic rings. The summed E-state index contributed by atoms with van der Waals surface area (Å²) in [4.78, 5) is 13.8. The van der Waals surface area contributed by atoms with Crippen LogP contribution in [0.5, 0.6) is 0 Å². The molecular weight excluding hydrogens is 268 g/mol. The number of nitrogens with zero attached hydrogens (tertiary/aromatic N) is 1. The van der Waals surface area contributed by atoms with E-state index < -0.39 is 0 Å². The molecule has 0 aliphatic heterocycles. The summed E-state index contributed by atoms with van der Waals surface area (Å²) in [5, 5.41) is 4.65. The Morgan fingerprint density at radius 2 is 1.80 bits per heavy atom. The molecule has 0 aromatic heterocycles. The van der Waals surface area contributed by atoms with Crippen molar-refractivity contribution in [3.63, 3.8) is 0 Å². The molecule has 4 heteroatoms. The summed E-state index contributed by atoms with van der Waals surface area (Å²) in [6, 6.07) is 8.43. The van der Waals surface area contributed by atoms with Crippen LogP contribution >= 0.6 is 11.8 Å². The van der Waals surface area contributed by atoms with Gasteiger partial charge in [-0.1, -0.05) is 38.1 Å². The van der Waals surface area contributed by atoms with Crippen molar-refractivity contribution in [1.82, 2.24) is 10.2 Å². The fourth-order valence-electron chi connectivity index (χ4n) is 1.85. The van der Waals surface area contributed by atoms with E-state index in [1.165, 1.54) is 17.3 Å². The van der Waals surface area contributed by atoms with Crippen LogP contribution in [0.4, 0.5) is 0 Å². The number of hydrogen-bond donors (Lipinski definition) is 1. The van der Waals surface area contributed by atoms with Crippen LogP contribution in [0.25, 0.3) is 0 Å². The first-order valence-electron chi connectivity index (χ1n) is 6.97. The molecule has 0 bridgehead atoms. The number of amides is 1. The Bertz CT molecular complexity index is 425. The number of nitrogens with one attached hydrogen (secondary N) is 1. The van der Waals surface area contributed by atoms with Gasteiger partial charge in [-0.25, -0.2) is 0 Å². The summed E-state index contributed by atoms with van der Waals surface area (Å²) in [6.07, 6.45) is 3.48. The van der Waals surface area contributed by atoms with Gasteiger partial charge < -0.3 is 5.32 Å². The van der Waals surface area contributed by atoms with E-state index >= 15 is 0 Å². The summed E-state index contributed by atoms with van der Waals surface area (Å²) in [6.45, 7) is 8.04. The second kappa shape index (κ2) is 9.61. The third kappa shape index (κ3) is 6.26. The first-order valence-corrected chi connectivity index (χ1v) is 8.25. The smallest absolute Gasteiger partial charge is 0.244 e. The monoisotopic (exact) mass is 292 g/mol. The summed E-state index contributed by atoms with van der Waals surface area (Å²) >= 11 is 1.52. The van der Waals surface area contributed by atoms with Crippen LogP contribution in [0.15, 0.2) is 35.7 Å². The minimum Gasteiger partial charge on any atom is -0.348 e. The molecule has 1 N–H and O–H groups in total. The van der Waals surface area contributed by atoms with E-state index in [1.54, 1.807) is 11.5 Å². The molecule has 0 spiro atoms. The average Bonchev–Trinajstić information content (AvgIpc) is 2.49. The van der Waals surface area contributed by atoms with Gasteiger partial charge >= 0.3 is 0 Å². The van der Waals surface area contributed by atoms with Crippen molar-refractivity contribution in [1.29, 1.82) is 0 Å². The zero-order chi connectivity index (χ0) is 14.8. The fourth-order valence-corrected chi connectivity index (χ4v) is 2.11. The predicted molar refractivity (Wildman–Crippen MR) is 87.6 cm³/mol. The van der Waals surface area contributed by atoms with Gasteiger partial charge in [-0.15, -0.1) is 11.8 Å². The van der Waals surface area contributed by atoms with Crippen LogP contribution in [0.3, 0.4) is 0 Å². The SMILES string of the molecule is CCN(CC)Cc1ccc(CNC(=O)/C=C/SC)cc1. The summed E-state index contributed by atoms with van der Waals surface area (Å²) in [5.41, 5.74) is 2.44. The van der Waals surface area contributed by atoms with Gasteiger partial charge in [0.15, 0.2) is 0 Å². The summed E-state index contributed by atoms with van der Waals surface area (Å²) < 4.78 is 0. The van der Waals surface area contributed by atoms with E-state index in [-0.39, 0.29) is 5.91 Å². The van der Waals surface area contributed by atoms with Gasteiger partial charge in [-0.05, 0) is 35.9 Å². The Hall–Kier alpha value is -1.26. The Morgan fingerprint density at radius 3 is 2.35 bits per heavy atom. The van der Waals surface area contributed by atoms with Crippen LogP contribution in [-0.2, 0) is 17.9 Å². The van der Waals surface area contributed by atoms with Crippen LogP contribution in [-0.4, -0.2) is 30.2 Å². The highest BCUT2D eigenvalue weighted by atomic mass is 32.2. The maximum atomic E-state index is 11.4. The molecule has 0 unspecified atom stereocenters. The summed E-state index contributed by atoms with van der Waals surface area (Å²) in [5.74, 6) is -0.0495. The second-order valence-electron chi connectivity index (χ2n) is 4.53. The molecule has 0 saturated carbocycles. The first-order chi connectivity index (χ1) is 9.69. The van der Waals surface area contributed by atoms with Crippen LogP contribution in [0.2, 0.25) is 0 Å². The van der Waals surface area contributed by atoms with Gasteiger partial charge in [-0.2, -0.15) is 0 Å². The Morgan fingerprint density at radius 1 is 1.20 bits per heavy atom. The molecule has 1 rings (SSSR count).